The van der Waals surface area contributed by atoms with Crippen molar-refractivity contribution in [1.82, 2.24) is 19.5 Å². The summed E-state index contributed by atoms with van der Waals surface area (Å²) in [5.74, 6) is -0.0342. The minimum absolute atomic E-state index is 0.0342. The van der Waals surface area contributed by atoms with Crippen molar-refractivity contribution in [2.75, 3.05) is 12.1 Å². The number of aromatic amines is 1. The highest BCUT2D eigenvalue weighted by Crippen LogP contribution is 2.53. The molecule has 0 fully saturated rings. The minimum atomic E-state index is -5.05. The van der Waals surface area contributed by atoms with E-state index in [1.54, 1.807) is 6.92 Å². The lowest BCUT2D eigenvalue weighted by Crippen LogP contribution is -2.18. The third-order valence-corrected chi connectivity index (χ3v) is 4.87. The van der Waals surface area contributed by atoms with Gasteiger partial charge in [-0.2, -0.15) is 9.29 Å². The van der Waals surface area contributed by atoms with E-state index in [1.165, 1.54) is 10.9 Å². The van der Waals surface area contributed by atoms with Crippen LogP contribution in [-0.2, 0) is 29.3 Å². The van der Waals surface area contributed by atoms with Gasteiger partial charge in [-0.25, -0.2) is 14.1 Å². The first-order valence-corrected chi connectivity index (χ1v) is 12.0. The van der Waals surface area contributed by atoms with Crippen LogP contribution in [0.25, 0.3) is 11.2 Å². The molecule has 0 unspecified atom stereocenters. The van der Waals surface area contributed by atoms with E-state index in [4.69, 9.17) is 39.8 Å². The Morgan fingerprint density at radius 1 is 1.17 bits per heavy atom. The predicted molar refractivity (Wildman–Crippen MR) is 95.2 cm³/mol. The molecule has 2 aromatic heterocycles. The average Bonchev–Trinajstić information content (AvgIpc) is 2.84. The zero-order chi connectivity index (χ0) is 22.6. The third-order valence-electron chi connectivity index (χ3n) is 2.69. The van der Waals surface area contributed by atoms with Gasteiger partial charge in [-0.05, 0) is 6.92 Å². The van der Waals surface area contributed by atoms with Crippen molar-refractivity contribution in [3.05, 3.63) is 16.7 Å². The lowest BCUT2D eigenvalue weighted by molar-refractivity contribution is 0.0764. The number of H-pyrrole nitrogens is 1. The van der Waals surface area contributed by atoms with Gasteiger partial charge in [0.05, 0.1) is 19.0 Å². The Morgan fingerprint density at radius 3 is 2.17 bits per heavy atom. The summed E-state index contributed by atoms with van der Waals surface area (Å²) in [4.78, 5) is 70.2. The lowest BCUT2D eigenvalue weighted by atomic mass is 10.4. The van der Waals surface area contributed by atoms with Crippen LogP contribution in [0, 0.1) is 0 Å². The Bertz CT molecular complexity index is 1010. The van der Waals surface area contributed by atoms with E-state index in [-0.39, 0.29) is 23.7 Å². The Balaban J connectivity index is 0.000000396. The van der Waals surface area contributed by atoms with Crippen molar-refractivity contribution in [1.29, 1.82) is 0 Å². The van der Waals surface area contributed by atoms with Gasteiger partial charge in [-0.15, -0.1) is 0 Å². The Kier molecular flexibility index (Phi) is 8.42. The van der Waals surface area contributed by atoms with Crippen molar-refractivity contribution in [2.24, 2.45) is 0 Å². The molecule has 0 spiro atoms. The molecule has 20 heteroatoms. The lowest BCUT2D eigenvalue weighted by Gasteiger charge is -2.14. The highest BCUT2D eigenvalue weighted by molar-refractivity contribution is 7.60. The summed E-state index contributed by atoms with van der Waals surface area (Å²) in [6.07, 6.45) is 0.225. The summed E-state index contributed by atoms with van der Waals surface area (Å²) < 4.78 is 39.5. The third kappa shape index (κ3) is 10.2. The smallest absolute Gasteiger partial charge is 0.369 e. The molecule has 0 aliphatic carbocycles. The van der Waals surface area contributed by atoms with Crippen LogP contribution in [0.2, 0.25) is 0 Å². The number of nitrogens with zero attached hydrogens (tertiary/aromatic N) is 3. The number of fused-ring (bicyclic) bond motifs is 1. The van der Waals surface area contributed by atoms with E-state index < -0.39 is 41.3 Å². The Labute approximate surface area is 161 Å². The van der Waals surface area contributed by atoms with Gasteiger partial charge in [0.2, 0.25) is 5.95 Å². The van der Waals surface area contributed by atoms with Gasteiger partial charge in [-0.3, -0.25) is 14.3 Å². The summed E-state index contributed by atoms with van der Waals surface area (Å²) >= 11 is 0. The monoisotopic (exact) mass is 481 g/mol. The maximum Gasteiger partial charge on any atom is 0.478 e. The van der Waals surface area contributed by atoms with Gasteiger partial charge >= 0.3 is 23.2 Å². The van der Waals surface area contributed by atoms with Gasteiger partial charge < -0.3 is 44.4 Å². The number of aromatic nitrogens is 4. The molecular formula is C9H18N5O12P3. The summed E-state index contributed by atoms with van der Waals surface area (Å²) in [6.45, 7) is 1.87. The molecule has 0 amide bonds. The predicted octanol–water partition coefficient (Wildman–Crippen LogP) is -1.57. The van der Waals surface area contributed by atoms with E-state index in [1.807, 2.05) is 0 Å². The summed E-state index contributed by atoms with van der Waals surface area (Å²) in [6, 6.07) is 0. The van der Waals surface area contributed by atoms with Gasteiger partial charge in [0, 0.05) is 0 Å². The first kappa shape index (κ1) is 25.6. The molecule has 1 atom stereocenters. The second-order valence-electron chi connectivity index (χ2n) is 5.35. The molecule has 0 saturated carbocycles. The van der Waals surface area contributed by atoms with Gasteiger partial charge in [0.25, 0.3) is 5.56 Å². The zero-order valence-electron chi connectivity index (χ0n) is 14.5. The van der Waals surface area contributed by atoms with Crippen LogP contribution in [0.1, 0.15) is 6.92 Å². The second kappa shape index (κ2) is 9.55. The summed E-state index contributed by atoms with van der Waals surface area (Å²) in [5, 5.41) is 0. The van der Waals surface area contributed by atoms with Crippen LogP contribution in [0.15, 0.2) is 11.1 Å². The quantitative estimate of drug-likeness (QED) is 0.207. The average molecular weight is 481 g/mol. The minimum Gasteiger partial charge on any atom is -0.369 e. The molecule has 2 rings (SSSR count). The number of nitrogen functional groups attached to an aromatic ring is 1. The zero-order valence-corrected chi connectivity index (χ0v) is 17.1. The number of nitrogens with two attached hydrogens (primary N) is 1. The molecule has 9 N–H and O–H groups in total. The highest BCUT2D eigenvalue weighted by atomic mass is 31.3. The molecule has 29 heavy (non-hydrogen) atoms. The van der Waals surface area contributed by atoms with Crippen LogP contribution in [0.3, 0.4) is 0 Å². The van der Waals surface area contributed by atoms with Crippen molar-refractivity contribution >= 4 is 40.4 Å². The van der Waals surface area contributed by atoms with Crippen molar-refractivity contribution in [3.8, 4) is 0 Å². The Morgan fingerprint density at radius 2 is 1.72 bits per heavy atom. The highest BCUT2D eigenvalue weighted by Gasteiger charge is 2.28. The molecule has 0 aliphatic rings. The van der Waals surface area contributed by atoms with E-state index in [0.29, 0.717) is 0 Å². The van der Waals surface area contributed by atoms with E-state index in [0.717, 1.165) is 0 Å². The van der Waals surface area contributed by atoms with Crippen LogP contribution in [0.5, 0.6) is 0 Å². The van der Waals surface area contributed by atoms with Gasteiger partial charge in [0.1, 0.15) is 6.35 Å². The van der Waals surface area contributed by atoms with E-state index in [9.17, 15) is 18.5 Å². The summed E-state index contributed by atoms with van der Waals surface area (Å²) in [7, 11) is -14.3. The van der Waals surface area contributed by atoms with Gasteiger partial charge in [0.15, 0.2) is 11.2 Å². The fourth-order valence-corrected chi connectivity index (χ4v) is 3.35. The van der Waals surface area contributed by atoms with Crippen LogP contribution < -0.4 is 11.3 Å². The number of phosphoric acid groups is 2. The molecular weight excluding hydrogens is 463 g/mol. The summed E-state index contributed by atoms with van der Waals surface area (Å²) in [5.41, 5.74) is 5.44. The van der Waals surface area contributed by atoms with Crippen LogP contribution >= 0.6 is 23.2 Å². The number of anilines is 1. The molecule has 17 nitrogen and oxygen atoms in total. The van der Waals surface area contributed by atoms with E-state index >= 15 is 0 Å². The molecule has 0 radical (unpaired) electrons. The first-order valence-electron chi connectivity index (χ1n) is 7.16. The molecule has 0 aliphatic heterocycles. The number of ether oxygens (including phenoxy) is 1. The Hall–Kier alpha value is -1.48. The molecule has 2 aromatic rings. The van der Waals surface area contributed by atoms with Gasteiger partial charge in [-0.1, -0.05) is 0 Å². The number of rotatable bonds is 7. The number of hydrogen-bond acceptors (Lipinski definition) is 9. The van der Waals surface area contributed by atoms with Crippen LogP contribution in [0.4, 0.5) is 5.95 Å². The maximum absolute atomic E-state index is 11.6. The van der Waals surface area contributed by atoms with Crippen molar-refractivity contribution < 1.29 is 52.1 Å². The second-order valence-corrected chi connectivity index (χ2v) is 9.56. The molecule has 0 aromatic carbocycles. The number of imidazole rings is 1. The largest absolute Gasteiger partial charge is 0.478 e. The maximum atomic E-state index is 11.6. The molecule has 0 saturated heterocycles. The first-order chi connectivity index (χ1) is 13.0. The van der Waals surface area contributed by atoms with E-state index in [2.05, 4.69) is 19.3 Å². The number of hydrogen-bond donors (Lipinski definition) is 8. The normalized spacial score (nSPS) is 13.8. The van der Waals surface area contributed by atoms with Crippen molar-refractivity contribution in [2.45, 2.75) is 19.6 Å². The standard InChI is InChI=1S/C9H14N5O5P.H4O7P2/c1-5(19-4-20(16,17)18)2-14-3-11-6-7(14)12-9(10)13-8(6)15;1-8(2,3)7-9(4,5)6/h3,5H,2,4H2,1H3,(H2,16,17,18)(H3,10,12,13,15);(H2,1,2,3)(H2,4,5,6)/t5-;/m0./s1. The SMILES string of the molecule is C[C@@H](Cn1cnc2c(=O)[nH]c(N)nc21)OCP(=O)(O)O.O=P(O)(O)OP(=O)(O)O. The van der Waals surface area contributed by atoms with Crippen LogP contribution in [-0.4, -0.2) is 61.3 Å². The topological polar surface area (TPSA) is 281 Å². The molecule has 2 heterocycles. The number of nitrogens with one attached hydrogen (secondary N) is 1. The fraction of sp³-hybridized carbons (Fsp3) is 0.444. The van der Waals surface area contributed by atoms with Crippen molar-refractivity contribution in [3.63, 3.8) is 0 Å². The fourth-order valence-electron chi connectivity index (χ4n) is 1.80. The molecule has 166 valence electrons. The molecule has 0 bridgehead atoms.